The van der Waals surface area contributed by atoms with E-state index in [9.17, 15) is 0 Å². The monoisotopic (exact) mass is 175 g/mol. The summed E-state index contributed by atoms with van der Waals surface area (Å²) >= 11 is 0. The van der Waals surface area contributed by atoms with Crippen LogP contribution < -0.4 is 5.73 Å². The Balaban J connectivity index is 0.000000261. The van der Waals surface area contributed by atoms with Crippen molar-refractivity contribution in [3.05, 3.63) is 0 Å². The maximum atomic E-state index is 8.56. The summed E-state index contributed by atoms with van der Waals surface area (Å²) in [6.45, 7) is 2.29. The molecule has 2 atom stereocenters. The first kappa shape index (κ1) is 11.2. The lowest BCUT2D eigenvalue weighted by Gasteiger charge is -2.22. The van der Waals surface area contributed by atoms with E-state index in [-0.39, 0.29) is 0 Å². The summed E-state index contributed by atoms with van der Waals surface area (Å²) in [7, 11) is 0. The summed E-state index contributed by atoms with van der Waals surface area (Å²) in [4.78, 5) is 8.56. The van der Waals surface area contributed by atoms with Crippen molar-refractivity contribution in [3.8, 4) is 0 Å². The van der Waals surface area contributed by atoms with E-state index in [1.165, 1.54) is 25.7 Å². The molecule has 4 nitrogen and oxygen atoms in total. The molecule has 1 aliphatic carbocycles. The van der Waals surface area contributed by atoms with Gasteiger partial charge in [0, 0.05) is 6.04 Å². The summed E-state index contributed by atoms with van der Waals surface area (Å²) in [6.07, 6.45) is 3.42. The second-order valence-electron chi connectivity index (χ2n) is 3.31. The molecular weight excluding hydrogens is 158 g/mol. The second-order valence-corrected chi connectivity index (χ2v) is 3.31. The topological polar surface area (TPSA) is 83.6 Å². The van der Waals surface area contributed by atoms with Crippen LogP contribution in [0.25, 0.3) is 0 Å². The van der Waals surface area contributed by atoms with Crippen LogP contribution in [-0.2, 0) is 0 Å². The van der Waals surface area contributed by atoms with E-state index in [0.29, 0.717) is 6.04 Å². The molecule has 0 bridgehead atoms. The van der Waals surface area contributed by atoms with Gasteiger partial charge in [0.15, 0.2) is 0 Å². The highest BCUT2D eigenvalue weighted by molar-refractivity contribution is 5.53. The Morgan fingerprint density at radius 3 is 2.17 bits per heavy atom. The Morgan fingerprint density at radius 2 is 1.92 bits per heavy atom. The smallest absolute Gasteiger partial charge is 0.450 e. The van der Waals surface area contributed by atoms with Gasteiger partial charge in [-0.1, -0.05) is 19.8 Å². The number of rotatable bonds is 0. The normalized spacial score (nSPS) is 28.5. The van der Waals surface area contributed by atoms with Gasteiger partial charge in [-0.15, -0.1) is 0 Å². The number of carboxylic acid groups (broad SMARTS) is 2. The van der Waals surface area contributed by atoms with E-state index in [1.807, 2.05) is 0 Å². The van der Waals surface area contributed by atoms with Crippen LogP contribution in [0.15, 0.2) is 0 Å². The predicted molar refractivity (Wildman–Crippen MR) is 46.3 cm³/mol. The first-order chi connectivity index (χ1) is 5.52. The van der Waals surface area contributed by atoms with Crippen LogP contribution in [-0.4, -0.2) is 22.4 Å². The number of carbonyl (C=O) groups is 1. The van der Waals surface area contributed by atoms with Crippen molar-refractivity contribution in [2.45, 2.75) is 38.6 Å². The third kappa shape index (κ3) is 7.34. The molecule has 0 amide bonds. The van der Waals surface area contributed by atoms with Crippen molar-refractivity contribution in [3.63, 3.8) is 0 Å². The average Bonchev–Trinajstić information content (AvgIpc) is 1.84. The van der Waals surface area contributed by atoms with Gasteiger partial charge in [0.25, 0.3) is 0 Å². The summed E-state index contributed by atoms with van der Waals surface area (Å²) < 4.78 is 0. The van der Waals surface area contributed by atoms with Gasteiger partial charge >= 0.3 is 6.16 Å². The summed E-state index contributed by atoms with van der Waals surface area (Å²) in [5, 5.41) is 13.9. The molecule has 12 heavy (non-hydrogen) atoms. The van der Waals surface area contributed by atoms with Gasteiger partial charge in [-0.05, 0) is 18.8 Å². The number of hydrogen-bond acceptors (Lipinski definition) is 2. The molecule has 2 unspecified atom stereocenters. The molecule has 0 spiro atoms. The van der Waals surface area contributed by atoms with Crippen molar-refractivity contribution >= 4 is 6.16 Å². The highest BCUT2D eigenvalue weighted by Gasteiger charge is 2.13. The number of nitrogens with two attached hydrogens (primary N) is 1. The van der Waals surface area contributed by atoms with Crippen LogP contribution in [0.2, 0.25) is 0 Å². The fourth-order valence-electron chi connectivity index (χ4n) is 1.48. The van der Waals surface area contributed by atoms with Crippen molar-refractivity contribution in [1.29, 1.82) is 0 Å². The zero-order valence-electron chi connectivity index (χ0n) is 7.36. The van der Waals surface area contributed by atoms with Crippen molar-refractivity contribution in [1.82, 2.24) is 0 Å². The second kappa shape index (κ2) is 5.83. The lowest BCUT2D eigenvalue weighted by Crippen LogP contribution is -2.26. The number of hydrogen-bond donors (Lipinski definition) is 3. The molecule has 0 aromatic rings. The largest absolute Gasteiger partial charge is 0.503 e. The standard InChI is InChI=1S/C7H15N.CH2O3/c1-6-3-2-4-7(8)5-6;2-1(3)4/h6-7H,2-5,8H2,1H3;(H2,2,3,4). The highest BCUT2D eigenvalue weighted by Crippen LogP contribution is 2.21. The Labute approximate surface area is 72.4 Å². The first-order valence-corrected chi connectivity index (χ1v) is 4.20. The maximum Gasteiger partial charge on any atom is 0.503 e. The van der Waals surface area contributed by atoms with Gasteiger partial charge < -0.3 is 15.9 Å². The molecule has 1 aliphatic rings. The molecule has 1 rings (SSSR count). The molecule has 4 heteroatoms. The maximum absolute atomic E-state index is 8.56. The average molecular weight is 175 g/mol. The molecule has 0 saturated heterocycles. The Hall–Kier alpha value is -0.770. The van der Waals surface area contributed by atoms with Crippen molar-refractivity contribution in [2.24, 2.45) is 11.7 Å². The van der Waals surface area contributed by atoms with Crippen LogP contribution in [0.1, 0.15) is 32.6 Å². The van der Waals surface area contributed by atoms with Crippen LogP contribution >= 0.6 is 0 Å². The van der Waals surface area contributed by atoms with Crippen molar-refractivity contribution in [2.75, 3.05) is 0 Å². The molecule has 0 aromatic carbocycles. The van der Waals surface area contributed by atoms with E-state index >= 15 is 0 Å². The summed E-state index contributed by atoms with van der Waals surface area (Å²) in [6, 6.07) is 0.513. The lowest BCUT2D eigenvalue weighted by molar-refractivity contribution is 0.137. The van der Waals surface area contributed by atoms with Gasteiger partial charge in [-0.25, -0.2) is 4.79 Å². The van der Waals surface area contributed by atoms with Crippen LogP contribution in [0.3, 0.4) is 0 Å². The molecule has 72 valence electrons. The van der Waals surface area contributed by atoms with E-state index < -0.39 is 6.16 Å². The molecule has 0 aliphatic heterocycles. The Morgan fingerprint density at radius 1 is 1.42 bits per heavy atom. The van der Waals surface area contributed by atoms with Gasteiger partial charge in [0.2, 0.25) is 0 Å². The molecule has 1 saturated carbocycles. The molecule has 0 heterocycles. The third-order valence-corrected chi connectivity index (χ3v) is 1.98. The molecule has 0 aromatic heterocycles. The Bertz CT molecular complexity index is 126. The molecule has 0 radical (unpaired) electrons. The first-order valence-electron chi connectivity index (χ1n) is 4.20. The van der Waals surface area contributed by atoms with E-state index in [2.05, 4.69) is 6.92 Å². The van der Waals surface area contributed by atoms with Crippen LogP contribution in [0, 0.1) is 5.92 Å². The Kier molecular flexibility index (Phi) is 5.45. The lowest BCUT2D eigenvalue weighted by atomic mass is 9.88. The van der Waals surface area contributed by atoms with Gasteiger partial charge in [-0.3, -0.25) is 0 Å². The predicted octanol–water partition coefficient (Wildman–Crippen LogP) is 1.75. The zero-order valence-corrected chi connectivity index (χ0v) is 7.36. The van der Waals surface area contributed by atoms with E-state index in [4.69, 9.17) is 20.7 Å². The highest BCUT2D eigenvalue weighted by atomic mass is 16.6. The van der Waals surface area contributed by atoms with Gasteiger partial charge in [0.05, 0.1) is 0 Å². The minimum Gasteiger partial charge on any atom is -0.450 e. The SMILES string of the molecule is CC1CCCC(N)C1.O=C(O)O. The van der Waals surface area contributed by atoms with Crippen LogP contribution in [0.4, 0.5) is 4.79 Å². The van der Waals surface area contributed by atoms with E-state index in [1.54, 1.807) is 0 Å². The molecule has 1 fully saturated rings. The van der Waals surface area contributed by atoms with Gasteiger partial charge in [0.1, 0.15) is 0 Å². The fraction of sp³-hybridized carbons (Fsp3) is 0.875. The fourth-order valence-corrected chi connectivity index (χ4v) is 1.48. The summed E-state index contributed by atoms with van der Waals surface area (Å²) in [5.41, 5.74) is 5.73. The molecule has 4 N–H and O–H groups in total. The molecular formula is C8H17NO3. The third-order valence-electron chi connectivity index (χ3n) is 1.98. The minimum absolute atomic E-state index is 0.513. The quantitative estimate of drug-likeness (QED) is 0.523. The van der Waals surface area contributed by atoms with E-state index in [0.717, 1.165) is 5.92 Å². The van der Waals surface area contributed by atoms with Crippen molar-refractivity contribution < 1.29 is 15.0 Å². The minimum atomic E-state index is -1.83. The summed E-state index contributed by atoms with van der Waals surface area (Å²) in [5.74, 6) is 0.888. The van der Waals surface area contributed by atoms with Crippen LogP contribution in [0.5, 0.6) is 0 Å². The van der Waals surface area contributed by atoms with Gasteiger partial charge in [-0.2, -0.15) is 0 Å². The zero-order chi connectivity index (χ0) is 9.56.